The molecule has 0 bridgehead atoms. The Morgan fingerprint density at radius 2 is 1.41 bits per heavy atom. The van der Waals surface area contributed by atoms with Crippen LogP contribution >= 0.6 is 0 Å². The maximum atomic E-state index is 12.3. The molecule has 8 nitrogen and oxygen atoms in total. The molecule has 2 rings (SSSR count). The van der Waals surface area contributed by atoms with Crippen LogP contribution in [0.4, 0.5) is 17.1 Å². The standard InChI is InChI=1S/C21H26N4O4/c1-4-25(14-21(28)24-18-6-5-7-19(12-18)29-3)13-20(27)23-17-10-8-16(9-11-17)22-15(2)26/h5-12H,4,13-14H2,1-3H3,(H,22,26)(H,23,27)(H,24,28)/p+1. The highest BCUT2D eigenvalue weighted by molar-refractivity contribution is 5.94. The molecule has 2 aromatic rings. The van der Waals surface area contributed by atoms with Crippen molar-refractivity contribution in [3.63, 3.8) is 0 Å². The highest BCUT2D eigenvalue weighted by atomic mass is 16.5. The summed E-state index contributed by atoms with van der Waals surface area (Å²) >= 11 is 0. The first-order chi connectivity index (χ1) is 13.9. The molecule has 8 heteroatoms. The van der Waals surface area contributed by atoms with E-state index in [0.717, 1.165) is 4.90 Å². The maximum Gasteiger partial charge on any atom is 0.279 e. The second-order valence-electron chi connectivity index (χ2n) is 6.54. The Labute approximate surface area is 170 Å². The summed E-state index contributed by atoms with van der Waals surface area (Å²) < 4.78 is 5.14. The Kier molecular flexibility index (Phi) is 8.17. The van der Waals surface area contributed by atoms with E-state index in [-0.39, 0.29) is 30.8 Å². The normalized spacial score (nSPS) is 11.3. The van der Waals surface area contributed by atoms with Crippen LogP contribution in [-0.4, -0.2) is 44.5 Å². The van der Waals surface area contributed by atoms with Crippen molar-refractivity contribution in [1.82, 2.24) is 0 Å². The second kappa shape index (κ2) is 10.8. The van der Waals surface area contributed by atoms with Crippen LogP contribution in [0.15, 0.2) is 48.5 Å². The zero-order valence-corrected chi connectivity index (χ0v) is 16.9. The van der Waals surface area contributed by atoms with Crippen LogP contribution < -0.4 is 25.6 Å². The zero-order valence-electron chi connectivity index (χ0n) is 16.9. The first kappa shape index (κ1) is 21.9. The lowest BCUT2D eigenvalue weighted by Gasteiger charge is -2.17. The summed E-state index contributed by atoms with van der Waals surface area (Å²) in [4.78, 5) is 36.5. The van der Waals surface area contributed by atoms with Gasteiger partial charge in [0.2, 0.25) is 5.91 Å². The molecule has 0 saturated heterocycles. The van der Waals surface area contributed by atoms with Gasteiger partial charge in [-0.05, 0) is 43.3 Å². The summed E-state index contributed by atoms with van der Waals surface area (Å²) in [5.74, 6) is 0.133. The monoisotopic (exact) mass is 399 g/mol. The number of nitrogens with one attached hydrogen (secondary N) is 4. The van der Waals surface area contributed by atoms with Crippen LogP contribution in [0.2, 0.25) is 0 Å². The zero-order chi connectivity index (χ0) is 21.2. The Morgan fingerprint density at radius 3 is 1.93 bits per heavy atom. The van der Waals surface area contributed by atoms with Gasteiger partial charge in [0.15, 0.2) is 13.1 Å². The van der Waals surface area contributed by atoms with Crippen LogP contribution in [0, 0.1) is 0 Å². The quantitative estimate of drug-likeness (QED) is 0.508. The van der Waals surface area contributed by atoms with Gasteiger partial charge >= 0.3 is 0 Å². The maximum absolute atomic E-state index is 12.3. The highest BCUT2D eigenvalue weighted by Crippen LogP contribution is 2.16. The van der Waals surface area contributed by atoms with Crippen molar-refractivity contribution >= 4 is 34.8 Å². The molecule has 154 valence electrons. The van der Waals surface area contributed by atoms with E-state index < -0.39 is 0 Å². The van der Waals surface area contributed by atoms with E-state index >= 15 is 0 Å². The summed E-state index contributed by atoms with van der Waals surface area (Å²) in [6.07, 6.45) is 0. The van der Waals surface area contributed by atoms with E-state index in [1.165, 1.54) is 6.92 Å². The van der Waals surface area contributed by atoms with Gasteiger partial charge in [0.1, 0.15) is 5.75 Å². The molecule has 2 aromatic carbocycles. The van der Waals surface area contributed by atoms with Crippen LogP contribution in [0.3, 0.4) is 0 Å². The molecule has 29 heavy (non-hydrogen) atoms. The predicted molar refractivity (Wildman–Crippen MR) is 112 cm³/mol. The molecular formula is C21H27N4O4+. The Hall–Kier alpha value is -3.39. The molecule has 0 aliphatic heterocycles. The molecule has 0 aromatic heterocycles. The third-order valence-electron chi connectivity index (χ3n) is 4.16. The summed E-state index contributed by atoms with van der Waals surface area (Å²) in [7, 11) is 1.57. The molecule has 0 aliphatic rings. The smallest absolute Gasteiger partial charge is 0.279 e. The van der Waals surface area contributed by atoms with Crippen LogP contribution in [-0.2, 0) is 14.4 Å². The number of anilines is 3. The minimum atomic E-state index is -0.191. The lowest BCUT2D eigenvalue weighted by molar-refractivity contribution is -0.881. The van der Waals surface area contributed by atoms with Gasteiger partial charge < -0.3 is 25.6 Å². The molecule has 0 heterocycles. The number of ether oxygens (including phenoxy) is 1. The predicted octanol–water partition coefficient (Wildman–Crippen LogP) is 1.14. The average molecular weight is 399 g/mol. The second-order valence-corrected chi connectivity index (χ2v) is 6.54. The van der Waals surface area contributed by atoms with Crippen molar-refractivity contribution in [2.75, 3.05) is 42.7 Å². The Morgan fingerprint density at radius 1 is 0.862 bits per heavy atom. The van der Waals surface area contributed by atoms with E-state index in [2.05, 4.69) is 16.0 Å². The Bertz CT molecular complexity index is 852. The fourth-order valence-electron chi connectivity index (χ4n) is 2.72. The topological polar surface area (TPSA) is 101 Å². The Balaban J connectivity index is 1.85. The van der Waals surface area contributed by atoms with E-state index in [4.69, 9.17) is 4.74 Å². The summed E-state index contributed by atoms with van der Waals surface area (Å²) in [5, 5.41) is 8.29. The van der Waals surface area contributed by atoms with Gasteiger partial charge in [0.05, 0.1) is 13.7 Å². The number of quaternary nitrogens is 1. The number of methoxy groups -OCH3 is 1. The number of likely N-dealkylation sites (N-methyl/N-ethyl adjacent to an activating group) is 1. The first-order valence-corrected chi connectivity index (χ1v) is 9.34. The lowest BCUT2D eigenvalue weighted by atomic mass is 10.2. The molecule has 1 atom stereocenters. The van der Waals surface area contributed by atoms with E-state index in [1.807, 2.05) is 6.92 Å². The number of rotatable bonds is 9. The van der Waals surface area contributed by atoms with Crippen LogP contribution in [0.5, 0.6) is 5.75 Å². The van der Waals surface area contributed by atoms with Gasteiger partial charge in [0, 0.05) is 30.1 Å². The SMILES string of the molecule is CC[NH+](CC(=O)Nc1ccc(NC(C)=O)cc1)CC(=O)Nc1cccc(OC)c1. The molecule has 0 spiro atoms. The number of carbonyl (C=O) groups is 3. The highest BCUT2D eigenvalue weighted by Gasteiger charge is 2.17. The van der Waals surface area contributed by atoms with E-state index in [0.29, 0.717) is 29.4 Å². The third-order valence-corrected chi connectivity index (χ3v) is 4.16. The molecule has 0 radical (unpaired) electrons. The summed E-state index contributed by atoms with van der Waals surface area (Å²) in [6.45, 7) is 4.31. The fraction of sp³-hybridized carbons (Fsp3) is 0.286. The molecule has 1 unspecified atom stereocenters. The van der Waals surface area contributed by atoms with Crippen molar-refractivity contribution in [3.05, 3.63) is 48.5 Å². The largest absolute Gasteiger partial charge is 0.497 e. The van der Waals surface area contributed by atoms with Gasteiger partial charge in [-0.3, -0.25) is 14.4 Å². The van der Waals surface area contributed by atoms with Gasteiger partial charge in [-0.15, -0.1) is 0 Å². The number of benzene rings is 2. The van der Waals surface area contributed by atoms with Crippen LogP contribution in [0.25, 0.3) is 0 Å². The lowest BCUT2D eigenvalue weighted by Crippen LogP contribution is -3.13. The number of hydrogen-bond acceptors (Lipinski definition) is 4. The molecule has 0 aliphatic carbocycles. The van der Waals surface area contributed by atoms with E-state index in [9.17, 15) is 14.4 Å². The van der Waals surface area contributed by atoms with Crippen molar-refractivity contribution < 1.29 is 24.0 Å². The number of amides is 3. The van der Waals surface area contributed by atoms with Gasteiger partial charge in [-0.1, -0.05) is 6.07 Å². The average Bonchev–Trinajstić information content (AvgIpc) is 2.68. The van der Waals surface area contributed by atoms with Crippen LogP contribution in [0.1, 0.15) is 13.8 Å². The van der Waals surface area contributed by atoms with Gasteiger partial charge in [0.25, 0.3) is 11.8 Å². The van der Waals surface area contributed by atoms with E-state index in [1.54, 1.807) is 55.6 Å². The third kappa shape index (κ3) is 7.63. The number of hydrogen-bond donors (Lipinski definition) is 4. The summed E-state index contributed by atoms with van der Waals surface area (Å²) in [6, 6.07) is 14.0. The minimum Gasteiger partial charge on any atom is -0.497 e. The number of carbonyl (C=O) groups excluding carboxylic acids is 3. The first-order valence-electron chi connectivity index (χ1n) is 9.34. The molecule has 3 amide bonds. The summed E-state index contributed by atoms with van der Waals surface area (Å²) in [5.41, 5.74) is 1.93. The molecule has 0 fully saturated rings. The van der Waals surface area contributed by atoms with Gasteiger partial charge in [-0.25, -0.2) is 0 Å². The fourth-order valence-corrected chi connectivity index (χ4v) is 2.72. The van der Waals surface area contributed by atoms with Gasteiger partial charge in [-0.2, -0.15) is 0 Å². The van der Waals surface area contributed by atoms with Crippen molar-refractivity contribution in [2.45, 2.75) is 13.8 Å². The van der Waals surface area contributed by atoms with Crippen molar-refractivity contribution in [3.8, 4) is 5.75 Å². The molecule has 4 N–H and O–H groups in total. The molecule has 0 saturated carbocycles. The van der Waals surface area contributed by atoms with Crippen molar-refractivity contribution in [1.29, 1.82) is 0 Å². The van der Waals surface area contributed by atoms with Crippen molar-refractivity contribution in [2.24, 2.45) is 0 Å². The minimum absolute atomic E-state index is 0.156. The molecular weight excluding hydrogens is 372 g/mol.